The number of rotatable bonds is 0. The van der Waals surface area contributed by atoms with Gasteiger partial charge in [0.05, 0.1) is 19.5 Å². The number of thioether (sulfide) groups is 2. The highest BCUT2D eigenvalue weighted by Crippen LogP contribution is 2.66. The first-order chi connectivity index (χ1) is 13.3. The number of ketones is 1. The van der Waals surface area contributed by atoms with E-state index in [-0.39, 0.29) is 9.86 Å². The Balaban J connectivity index is 0.000000111. The minimum atomic E-state index is 0.197. The van der Waals surface area contributed by atoms with E-state index in [4.69, 9.17) is 0 Å². The summed E-state index contributed by atoms with van der Waals surface area (Å²) in [5.41, 5.74) is 4.92. The van der Waals surface area contributed by atoms with Crippen molar-refractivity contribution in [1.82, 2.24) is 0 Å². The zero-order chi connectivity index (χ0) is 18.0. The van der Waals surface area contributed by atoms with Crippen LogP contribution in [0.15, 0.2) is 45.8 Å². The third-order valence-electron chi connectivity index (χ3n) is 4.97. The fraction of sp³-hybridized carbons (Fsp3) is 0.150. The van der Waals surface area contributed by atoms with Crippen molar-refractivity contribution in [2.45, 2.75) is 4.08 Å². The lowest BCUT2D eigenvalue weighted by Crippen LogP contribution is -2.10. The van der Waals surface area contributed by atoms with Crippen LogP contribution in [0.25, 0.3) is 19.5 Å². The fourth-order valence-electron chi connectivity index (χ4n) is 3.83. The Morgan fingerprint density at radius 1 is 0.630 bits per heavy atom. The van der Waals surface area contributed by atoms with E-state index in [2.05, 4.69) is 46.4 Å². The second kappa shape index (κ2) is 6.34. The zero-order valence-corrected chi connectivity index (χ0v) is 18.8. The summed E-state index contributed by atoms with van der Waals surface area (Å²) in [6, 6.07) is 8.49. The van der Waals surface area contributed by atoms with E-state index < -0.39 is 0 Å². The molecule has 1 saturated heterocycles. The van der Waals surface area contributed by atoms with E-state index in [1.165, 1.54) is 21.3 Å². The molecule has 0 amide bonds. The van der Waals surface area contributed by atoms with E-state index in [1.807, 2.05) is 45.6 Å². The van der Waals surface area contributed by atoms with Crippen molar-refractivity contribution in [3.63, 3.8) is 0 Å². The van der Waals surface area contributed by atoms with Crippen LogP contribution in [-0.2, 0) is 4.08 Å². The molecule has 1 fully saturated rings. The predicted molar refractivity (Wildman–Crippen MR) is 124 cm³/mol. The van der Waals surface area contributed by atoms with Crippen LogP contribution in [0.3, 0.4) is 0 Å². The molecule has 5 heterocycles. The molecule has 1 spiro atoms. The van der Waals surface area contributed by atoms with Gasteiger partial charge in [-0.3, -0.25) is 4.79 Å². The molecular weight excluding hydrogens is 449 g/mol. The van der Waals surface area contributed by atoms with E-state index >= 15 is 0 Å². The molecule has 0 radical (unpaired) electrons. The van der Waals surface area contributed by atoms with Gasteiger partial charge in [0.25, 0.3) is 0 Å². The van der Waals surface area contributed by atoms with Gasteiger partial charge < -0.3 is 0 Å². The number of carbonyl (C=O) groups is 1. The van der Waals surface area contributed by atoms with E-state index in [0.29, 0.717) is 0 Å². The Bertz CT molecular complexity index is 1080. The second-order valence-electron chi connectivity index (χ2n) is 6.30. The number of hydrogen-bond donors (Lipinski definition) is 0. The average molecular weight is 461 g/mol. The number of thiophene rings is 4. The normalized spacial score (nSPS) is 17.4. The molecule has 0 atom stereocenters. The fourth-order valence-corrected chi connectivity index (χ4v) is 11.5. The van der Waals surface area contributed by atoms with Gasteiger partial charge in [0.1, 0.15) is 4.08 Å². The smallest absolute Gasteiger partial charge is 0.196 e. The van der Waals surface area contributed by atoms with Crippen molar-refractivity contribution < 1.29 is 4.79 Å². The summed E-state index contributed by atoms with van der Waals surface area (Å²) in [4.78, 5) is 17.0. The number of hydrogen-bond acceptors (Lipinski definition) is 7. The van der Waals surface area contributed by atoms with Gasteiger partial charge in [0, 0.05) is 33.8 Å². The van der Waals surface area contributed by atoms with Crippen LogP contribution in [0.2, 0.25) is 0 Å². The summed E-state index contributed by atoms with van der Waals surface area (Å²) in [5.74, 6) is 2.77. The molecule has 0 unspecified atom stereocenters. The van der Waals surface area contributed by atoms with Gasteiger partial charge >= 0.3 is 0 Å². The van der Waals surface area contributed by atoms with Crippen LogP contribution < -0.4 is 0 Å². The molecule has 27 heavy (non-hydrogen) atoms. The van der Waals surface area contributed by atoms with Gasteiger partial charge in [-0.1, -0.05) is 0 Å². The van der Waals surface area contributed by atoms with Gasteiger partial charge in [-0.05, 0) is 45.8 Å². The number of fused-ring (bicyclic) bond motifs is 8. The first-order valence-electron chi connectivity index (χ1n) is 8.44. The Morgan fingerprint density at radius 2 is 1.07 bits per heavy atom. The molecule has 0 N–H and O–H groups in total. The third kappa shape index (κ3) is 2.33. The maximum absolute atomic E-state index is 11.6. The predicted octanol–water partition coefficient (Wildman–Crippen LogP) is 7.49. The highest BCUT2D eigenvalue weighted by atomic mass is 32.2. The van der Waals surface area contributed by atoms with Crippen molar-refractivity contribution in [3.05, 3.63) is 68.0 Å². The van der Waals surface area contributed by atoms with E-state index in [9.17, 15) is 4.79 Å². The van der Waals surface area contributed by atoms with Gasteiger partial charge in [0.15, 0.2) is 5.78 Å². The summed E-state index contributed by atoms with van der Waals surface area (Å²) in [7, 11) is 0. The lowest BCUT2D eigenvalue weighted by Gasteiger charge is -2.22. The highest BCUT2D eigenvalue weighted by Gasteiger charge is 2.48. The lowest BCUT2D eigenvalue weighted by molar-refractivity contribution is 0.104. The number of carbonyl (C=O) groups excluding carboxylic acids is 1. The third-order valence-corrected chi connectivity index (χ3v) is 12.4. The summed E-state index contributed by atoms with van der Waals surface area (Å²) < 4.78 is 0.269. The van der Waals surface area contributed by atoms with Crippen molar-refractivity contribution in [3.8, 4) is 19.5 Å². The Hall–Kier alpha value is -0.830. The maximum atomic E-state index is 11.6. The summed E-state index contributed by atoms with van der Waals surface area (Å²) >= 11 is 11.4. The minimum absolute atomic E-state index is 0.197. The van der Waals surface area contributed by atoms with Gasteiger partial charge in [-0.25, -0.2) is 0 Å². The van der Waals surface area contributed by atoms with E-state index in [1.54, 1.807) is 33.8 Å². The zero-order valence-electron chi connectivity index (χ0n) is 13.9. The summed E-state index contributed by atoms with van der Waals surface area (Å²) in [5, 5.41) is 8.44. The second-order valence-corrected chi connectivity index (χ2v) is 12.8. The molecule has 7 rings (SSSR count). The van der Waals surface area contributed by atoms with Crippen LogP contribution in [0.4, 0.5) is 0 Å². The molecule has 1 aliphatic heterocycles. The standard InChI is InChI=1S/C11H8S4.C9H4OS2/c1-3-12-9-7(1)11(14-5-6-15-11)8-2-4-13-10(8)9;10-7-5-1-3-11-8(5)9-6(7)2-4-12-9/h1-4H,5-6H2;1-4H. The van der Waals surface area contributed by atoms with Crippen LogP contribution >= 0.6 is 68.9 Å². The summed E-state index contributed by atoms with van der Waals surface area (Å²) in [6.07, 6.45) is 0. The first-order valence-corrected chi connectivity index (χ1v) is 13.9. The summed E-state index contributed by atoms with van der Waals surface area (Å²) in [6.45, 7) is 0. The van der Waals surface area contributed by atoms with Crippen molar-refractivity contribution >= 4 is 74.7 Å². The minimum Gasteiger partial charge on any atom is -0.289 e. The van der Waals surface area contributed by atoms with Crippen LogP contribution in [-0.4, -0.2) is 17.3 Å². The van der Waals surface area contributed by atoms with E-state index in [0.717, 1.165) is 20.9 Å². The Morgan fingerprint density at radius 3 is 1.59 bits per heavy atom. The molecule has 7 heteroatoms. The average Bonchev–Trinajstić information content (AvgIpc) is 3.46. The topological polar surface area (TPSA) is 17.1 Å². The monoisotopic (exact) mass is 460 g/mol. The molecule has 0 aromatic carbocycles. The Labute approximate surface area is 181 Å². The van der Waals surface area contributed by atoms with Crippen molar-refractivity contribution in [2.75, 3.05) is 11.5 Å². The molecule has 4 aromatic heterocycles. The van der Waals surface area contributed by atoms with Crippen LogP contribution in [0.1, 0.15) is 27.0 Å². The van der Waals surface area contributed by atoms with Crippen LogP contribution in [0, 0.1) is 0 Å². The van der Waals surface area contributed by atoms with Crippen LogP contribution in [0.5, 0.6) is 0 Å². The molecule has 4 aromatic rings. The molecule has 1 nitrogen and oxygen atoms in total. The Kier molecular flexibility index (Phi) is 4.01. The molecule has 0 bridgehead atoms. The quantitative estimate of drug-likeness (QED) is 0.238. The lowest BCUT2D eigenvalue weighted by atomic mass is 10.2. The molecule has 0 saturated carbocycles. The van der Waals surface area contributed by atoms with Gasteiger partial charge in [-0.15, -0.1) is 68.9 Å². The maximum Gasteiger partial charge on any atom is 0.196 e. The molecule has 134 valence electrons. The first kappa shape index (κ1) is 17.1. The van der Waals surface area contributed by atoms with Crippen molar-refractivity contribution in [1.29, 1.82) is 0 Å². The highest BCUT2D eigenvalue weighted by molar-refractivity contribution is 8.21. The molecular formula is C20H12OS6. The largest absolute Gasteiger partial charge is 0.289 e. The molecule has 2 aliphatic carbocycles. The van der Waals surface area contributed by atoms with Gasteiger partial charge in [0.2, 0.25) is 0 Å². The molecule has 3 aliphatic rings. The SMILES string of the molecule is O=C1c2ccsc2-c2sccc21.c1cc2c(s1)-c1sccc1C21SCCS1. The van der Waals surface area contributed by atoms with Gasteiger partial charge in [-0.2, -0.15) is 0 Å². The van der Waals surface area contributed by atoms with Crippen molar-refractivity contribution in [2.24, 2.45) is 0 Å².